The van der Waals surface area contributed by atoms with Crippen LogP contribution in [0.15, 0.2) is 64.4 Å². The zero-order valence-electron chi connectivity index (χ0n) is 19.7. The van der Waals surface area contributed by atoms with Gasteiger partial charge >= 0.3 is 0 Å². The molecule has 11 heteroatoms. The zero-order chi connectivity index (χ0) is 25.1. The van der Waals surface area contributed by atoms with Crippen LogP contribution in [0.1, 0.15) is 19.3 Å². The first-order chi connectivity index (χ1) is 16.6. The second kappa shape index (κ2) is 10.5. The summed E-state index contributed by atoms with van der Waals surface area (Å²) in [5.41, 5.74) is -0.353. The molecule has 4 rings (SSSR count). The predicted molar refractivity (Wildman–Crippen MR) is 131 cm³/mol. The lowest BCUT2D eigenvalue weighted by Crippen LogP contribution is -2.47. The van der Waals surface area contributed by atoms with Crippen molar-refractivity contribution in [1.29, 1.82) is 0 Å². The molecule has 2 aromatic rings. The maximum Gasteiger partial charge on any atom is 0.243 e. The van der Waals surface area contributed by atoms with Crippen LogP contribution < -0.4 is 10.1 Å². The average Bonchev–Trinajstić information content (AvgIpc) is 3.24. The molecular weight excluding hydrogens is 492 g/mol. The highest BCUT2D eigenvalue weighted by atomic mass is 32.2. The van der Waals surface area contributed by atoms with Gasteiger partial charge in [-0.15, -0.1) is 0 Å². The summed E-state index contributed by atoms with van der Waals surface area (Å²) in [5, 5.41) is 13.6. The van der Waals surface area contributed by atoms with Gasteiger partial charge in [-0.3, -0.25) is 0 Å². The molecule has 2 aromatic carbocycles. The molecule has 2 N–H and O–H groups in total. The number of benzene rings is 2. The molecule has 0 aliphatic carbocycles. The molecule has 2 heterocycles. The summed E-state index contributed by atoms with van der Waals surface area (Å²) in [6.45, 7) is 1.63. The van der Waals surface area contributed by atoms with Gasteiger partial charge in [-0.1, -0.05) is 24.3 Å². The standard InChI is InChI=1S/C24H32N2O7S2/c1-34(28,29)23-9-5-6-21(14-23)32-18-20(27)16-25-19-15-24(33-17-19)10-12-26(13-11-24)35(30,31)22-7-3-2-4-8-22/h2-9,14,19-20,25,27H,10-13,15-18H2,1H3/t19?,20-/m0/s1. The smallest absolute Gasteiger partial charge is 0.243 e. The minimum absolute atomic E-state index is 0.0191. The quantitative estimate of drug-likeness (QED) is 0.505. The first-order valence-corrected chi connectivity index (χ1v) is 14.9. The molecule has 9 nitrogen and oxygen atoms in total. The number of piperidine rings is 1. The fraction of sp³-hybridized carbons (Fsp3) is 0.500. The summed E-state index contributed by atoms with van der Waals surface area (Å²) >= 11 is 0. The normalized spacial score (nSPS) is 21.7. The molecule has 2 atom stereocenters. The van der Waals surface area contributed by atoms with Gasteiger partial charge in [0.15, 0.2) is 9.84 Å². The average molecular weight is 525 g/mol. The number of nitrogens with one attached hydrogen (secondary N) is 1. The summed E-state index contributed by atoms with van der Waals surface area (Å²) < 4.78 is 62.3. The van der Waals surface area contributed by atoms with Crippen molar-refractivity contribution < 1.29 is 31.4 Å². The summed E-state index contributed by atoms with van der Waals surface area (Å²) in [4.78, 5) is 0.473. The van der Waals surface area contributed by atoms with Crippen LogP contribution in [0, 0.1) is 0 Å². The van der Waals surface area contributed by atoms with Gasteiger partial charge < -0.3 is 19.9 Å². The van der Waals surface area contributed by atoms with E-state index in [0.717, 1.165) is 12.7 Å². The van der Waals surface area contributed by atoms with Crippen molar-refractivity contribution in [2.75, 3.05) is 39.1 Å². The third kappa shape index (κ3) is 6.41. The molecular formula is C24H32N2O7S2. The Bertz CT molecular complexity index is 1210. The summed E-state index contributed by atoms with van der Waals surface area (Å²) in [6.07, 6.45) is 2.34. The summed E-state index contributed by atoms with van der Waals surface area (Å²) in [5.74, 6) is 0.382. The zero-order valence-corrected chi connectivity index (χ0v) is 21.3. The number of nitrogens with zero attached hydrogens (tertiary/aromatic N) is 1. The van der Waals surface area contributed by atoms with Crippen molar-refractivity contribution in [3.63, 3.8) is 0 Å². The first-order valence-electron chi connectivity index (χ1n) is 11.6. The number of hydrogen-bond donors (Lipinski definition) is 2. The van der Waals surface area contributed by atoms with Crippen LogP contribution in [-0.4, -0.2) is 83.1 Å². The Morgan fingerprint density at radius 3 is 2.46 bits per heavy atom. The Kier molecular flexibility index (Phi) is 7.84. The lowest BCUT2D eigenvalue weighted by molar-refractivity contribution is -0.0312. The van der Waals surface area contributed by atoms with Crippen LogP contribution in [0.3, 0.4) is 0 Å². The number of aliphatic hydroxyl groups is 1. The van der Waals surface area contributed by atoms with E-state index in [1.165, 1.54) is 16.4 Å². The Morgan fingerprint density at radius 2 is 1.77 bits per heavy atom. The lowest BCUT2D eigenvalue weighted by Gasteiger charge is -2.38. The lowest BCUT2D eigenvalue weighted by atomic mass is 9.88. The predicted octanol–water partition coefficient (Wildman–Crippen LogP) is 1.43. The molecule has 2 fully saturated rings. The van der Waals surface area contributed by atoms with E-state index in [0.29, 0.717) is 49.7 Å². The summed E-state index contributed by atoms with van der Waals surface area (Å²) in [6, 6.07) is 14.7. The fourth-order valence-electron chi connectivity index (χ4n) is 4.55. The van der Waals surface area contributed by atoms with Crippen LogP contribution >= 0.6 is 0 Å². The van der Waals surface area contributed by atoms with Crippen LogP contribution in [0.2, 0.25) is 0 Å². The van der Waals surface area contributed by atoms with Crippen LogP contribution in [0.25, 0.3) is 0 Å². The fourth-order valence-corrected chi connectivity index (χ4v) is 6.67. The molecule has 35 heavy (non-hydrogen) atoms. The van der Waals surface area contributed by atoms with Crippen molar-refractivity contribution in [1.82, 2.24) is 9.62 Å². The van der Waals surface area contributed by atoms with Gasteiger partial charge in [0.2, 0.25) is 10.0 Å². The van der Waals surface area contributed by atoms with E-state index in [9.17, 15) is 21.9 Å². The van der Waals surface area contributed by atoms with Crippen molar-refractivity contribution >= 4 is 19.9 Å². The minimum atomic E-state index is -3.50. The Hall–Kier alpha value is -2.02. The van der Waals surface area contributed by atoms with Gasteiger partial charge in [0, 0.05) is 31.9 Å². The van der Waals surface area contributed by atoms with E-state index in [4.69, 9.17) is 9.47 Å². The topological polar surface area (TPSA) is 122 Å². The van der Waals surface area contributed by atoms with Crippen LogP contribution in [0.5, 0.6) is 5.75 Å². The number of sulfone groups is 1. The highest BCUT2D eigenvalue weighted by molar-refractivity contribution is 7.90. The van der Waals surface area contributed by atoms with Crippen molar-refractivity contribution in [2.45, 2.75) is 46.8 Å². The van der Waals surface area contributed by atoms with E-state index >= 15 is 0 Å². The number of aliphatic hydroxyl groups excluding tert-OH is 1. The number of rotatable bonds is 9. The molecule has 0 amide bonds. The largest absolute Gasteiger partial charge is 0.491 e. The maximum absolute atomic E-state index is 12.9. The number of sulfonamides is 1. The Balaban J connectivity index is 1.22. The van der Waals surface area contributed by atoms with Gasteiger partial charge in [0.25, 0.3) is 0 Å². The van der Waals surface area contributed by atoms with Gasteiger partial charge in [-0.05, 0) is 49.6 Å². The minimum Gasteiger partial charge on any atom is -0.491 e. The monoisotopic (exact) mass is 524 g/mol. The maximum atomic E-state index is 12.9. The van der Waals surface area contributed by atoms with Crippen molar-refractivity contribution in [3.8, 4) is 5.75 Å². The molecule has 0 bridgehead atoms. The third-order valence-electron chi connectivity index (χ3n) is 6.54. The highest BCUT2D eigenvalue weighted by Gasteiger charge is 2.44. The Morgan fingerprint density at radius 1 is 1.09 bits per heavy atom. The van der Waals surface area contributed by atoms with E-state index in [2.05, 4.69) is 5.32 Å². The molecule has 0 radical (unpaired) electrons. The molecule has 192 valence electrons. The molecule has 2 aliphatic heterocycles. The molecule has 1 spiro atoms. The SMILES string of the molecule is CS(=O)(=O)c1cccc(OC[C@@H](O)CNC2COC3(CCN(S(=O)(=O)c4ccccc4)CC3)C2)c1. The third-order valence-corrected chi connectivity index (χ3v) is 9.57. The number of ether oxygens (including phenoxy) is 2. The van der Waals surface area contributed by atoms with Crippen molar-refractivity contribution in [3.05, 3.63) is 54.6 Å². The second-order valence-corrected chi connectivity index (χ2v) is 13.2. The van der Waals surface area contributed by atoms with E-state index in [1.807, 2.05) is 0 Å². The van der Waals surface area contributed by atoms with Crippen LogP contribution in [0.4, 0.5) is 0 Å². The highest BCUT2D eigenvalue weighted by Crippen LogP contribution is 2.37. The van der Waals surface area contributed by atoms with Gasteiger partial charge in [0.1, 0.15) is 18.5 Å². The molecule has 0 aromatic heterocycles. The van der Waals surface area contributed by atoms with E-state index < -0.39 is 26.0 Å². The van der Waals surface area contributed by atoms with Gasteiger partial charge in [0.05, 0.1) is 22.0 Å². The van der Waals surface area contributed by atoms with E-state index in [1.54, 1.807) is 42.5 Å². The van der Waals surface area contributed by atoms with Crippen molar-refractivity contribution in [2.24, 2.45) is 0 Å². The molecule has 0 saturated carbocycles. The van der Waals surface area contributed by atoms with Gasteiger partial charge in [-0.2, -0.15) is 4.31 Å². The summed E-state index contributed by atoms with van der Waals surface area (Å²) in [7, 11) is -6.83. The van der Waals surface area contributed by atoms with Gasteiger partial charge in [-0.25, -0.2) is 16.8 Å². The number of hydrogen-bond acceptors (Lipinski definition) is 8. The molecule has 1 unspecified atom stereocenters. The molecule has 2 aliphatic rings. The first kappa shape index (κ1) is 26.1. The van der Waals surface area contributed by atoms with E-state index in [-0.39, 0.29) is 23.1 Å². The second-order valence-electron chi connectivity index (χ2n) is 9.23. The molecule has 2 saturated heterocycles. The van der Waals surface area contributed by atoms with Crippen LogP contribution in [-0.2, 0) is 24.6 Å². The Labute approximate surface area is 207 Å².